The van der Waals surface area contributed by atoms with Crippen molar-refractivity contribution in [1.82, 2.24) is 4.72 Å². The molecule has 1 N–H and O–H groups in total. The summed E-state index contributed by atoms with van der Waals surface area (Å²) in [7, 11) is -3.68. The minimum Gasteiger partial charge on any atom is -0.207 e. The molecule has 0 aliphatic carbocycles. The smallest absolute Gasteiger partial charge is 0.207 e. The summed E-state index contributed by atoms with van der Waals surface area (Å²) in [6.07, 6.45) is 0. The van der Waals surface area contributed by atoms with Crippen LogP contribution in [-0.4, -0.2) is 8.42 Å². The van der Waals surface area contributed by atoms with E-state index in [0.717, 1.165) is 28.8 Å². The molecule has 0 spiro atoms. The van der Waals surface area contributed by atoms with Crippen LogP contribution in [0.2, 0.25) is 0 Å². The van der Waals surface area contributed by atoms with E-state index < -0.39 is 15.8 Å². The molecule has 0 fully saturated rings. The van der Waals surface area contributed by atoms with Crippen molar-refractivity contribution in [2.45, 2.75) is 38.6 Å². The zero-order valence-corrected chi connectivity index (χ0v) is 14.0. The lowest BCUT2D eigenvalue weighted by atomic mass is 9.97. The van der Waals surface area contributed by atoms with Gasteiger partial charge in [0.1, 0.15) is 5.82 Å². The van der Waals surface area contributed by atoms with Gasteiger partial charge in [0.25, 0.3) is 0 Å². The molecule has 0 radical (unpaired) electrons. The largest absolute Gasteiger partial charge is 0.241 e. The van der Waals surface area contributed by atoms with Crippen LogP contribution in [0.1, 0.15) is 35.2 Å². The number of benzene rings is 2. The molecular formula is C17H20FNO2S. The monoisotopic (exact) mass is 321 g/mol. The van der Waals surface area contributed by atoms with Gasteiger partial charge >= 0.3 is 0 Å². The fraction of sp³-hybridized carbons (Fsp3) is 0.294. The Bertz CT molecular complexity index is 783. The summed E-state index contributed by atoms with van der Waals surface area (Å²) in [6, 6.07) is 8.49. The fourth-order valence-electron chi connectivity index (χ4n) is 2.43. The molecule has 5 heteroatoms. The third kappa shape index (κ3) is 3.54. The van der Waals surface area contributed by atoms with Crippen LogP contribution < -0.4 is 4.72 Å². The molecule has 1 atom stereocenters. The average molecular weight is 321 g/mol. The summed E-state index contributed by atoms with van der Waals surface area (Å²) in [5.41, 5.74) is 4.27. The quantitative estimate of drug-likeness (QED) is 0.931. The Morgan fingerprint density at radius 2 is 1.50 bits per heavy atom. The van der Waals surface area contributed by atoms with E-state index in [1.165, 1.54) is 17.7 Å². The third-order valence-corrected chi connectivity index (χ3v) is 5.36. The van der Waals surface area contributed by atoms with E-state index in [4.69, 9.17) is 0 Å². The summed E-state index contributed by atoms with van der Waals surface area (Å²) in [5, 5.41) is 0. The highest BCUT2D eigenvalue weighted by Crippen LogP contribution is 2.23. The second kappa shape index (κ2) is 6.18. The first-order valence-corrected chi connectivity index (χ1v) is 8.54. The first-order chi connectivity index (χ1) is 10.2. The second-order valence-electron chi connectivity index (χ2n) is 5.59. The highest BCUT2D eigenvalue weighted by Gasteiger charge is 2.19. The van der Waals surface area contributed by atoms with Crippen LogP contribution in [0.3, 0.4) is 0 Å². The van der Waals surface area contributed by atoms with Crippen molar-refractivity contribution in [1.29, 1.82) is 0 Å². The van der Waals surface area contributed by atoms with Crippen molar-refractivity contribution in [3.8, 4) is 0 Å². The van der Waals surface area contributed by atoms with Gasteiger partial charge < -0.3 is 0 Å². The minimum atomic E-state index is -3.68. The summed E-state index contributed by atoms with van der Waals surface area (Å²) in [6.45, 7) is 7.79. The topological polar surface area (TPSA) is 46.2 Å². The Balaban J connectivity index is 2.30. The van der Waals surface area contributed by atoms with Crippen molar-refractivity contribution in [2.75, 3.05) is 0 Å². The maximum absolute atomic E-state index is 12.9. The van der Waals surface area contributed by atoms with Crippen LogP contribution in [-0.2, 0) is 10.0 Å². The van der Waals surface area contributed by atoms with Gasteiger partial charge in [0.2, 0.25) is 10.0 Å². The molecule has 0 amide bonds. The van der Waals surface area contributed by atoms with Crippen molar-refractivity contribution >= 4 is 10.0 Å². The van der Waals surface area contributed by atoms with E-state index in [-0.39, 0.29) is 10.9 Å². The maximum Gasteiger partial charge on any atom is 0.241 e. The number of hydrogen-bond acceptors (Lipinski definition) is 2. The van der Waals surface area contributed by atoms with Gasteiger partial charge in [0.05, 0.1) is 4.90 Å². The molecule has 0 aromatic heterocycles. The Labute approximate surface area is 131 Å². The van der Waals surface area contributed by atoms with Gasteiger partial charge in [-0.25, -0.2) is 17.5 Å². The Morgan fingerprint density at radius 3 is 2.09 bits per heavy atom. The van der Waals surface area contributed by atoms with Crippen molar-refractivity contribution in [3.63, 3.8) is 0 Å². The van der Waals surface area contributed by atoms with E-state index >= 15 is 0 Å². The lowest BCUT2D eigenvalue weighted by molar-refractivity contribution is 0.565. The number of halogens is 1. The molecule has 0 saturated heterocycles. The lowest BCUT2D eigenvalue weighted by Crippen LogP contribution is -2.27. The summed E-state index contributed by atoms with van der Waals surface area (Å²) in [5.74, 6) is -0.461. The average Bonchev–Trinajstić information content (AvgIpc) is 2.42. The van der Waals surface area contributed by atoms with Crippen molar-refractivity contribution < 1.29 is 12.8 Å². The van der Waals surface area contributed by atoms with Gasteiger partial charge in [-0.2, -0.15) is 0 Å². The molecule has 2 aromatic rings. The standard InChI is InChI=1S/C17H20FNO2S/c1-11-9-13(3)17(10-12(11)2)14(4)19-22(20,21)16-7-5-15(18)6-8-16/h5-10,14,19H,1-4H3. The summed E-state index contributed by atoms with van der Waals surface area (Å²) in [4.78, 5) is 0.0576. The van der Waals surface area contributed by atoms with Crippen LogP contribution in [0.4, 0.5) is 4.39 Å². The summed E-state index contributed by atoms with van der Waals surface area (Å²) >= 11 is 0. The number of nitrogens with one attached hydrogen (secondary N) is 1. The molecule has 0 saturated carbocycles. The van der Waals surface area contributed by atoms with E-state index in [1.54, 1.807) is 6.92 Å². The van der Waals surface area contributed by atoms with Gasteiger partial charge in [-0.1, -0.05) is 12.1 Å². The normalized spacial score (nSPS) is 13.1. The van der Waals surface area contributed by atoms with E-state index in [2.05, 4.69) is 4.72 Å². The van der Waals surface area contributed by atoms with E-state index in [1.807, 2.05) is 32.9 Å². The van der Waals surface area contributed by atoms with Gasteiger partial charge in [-0.15, -0.1) is 0 Å². The SMILES string of the molecule is Cc1cc(C)c(C(C)NS(=O)(=O)c2ccc(F)cc2)cc1C. The molecule has 0 heterocycles. The first kappa shape index (κ1) is 16.6. The third-order valence-electron chi connectivity index (χ3n) is 3.80. The van der Waals surface area contributed by atoms with Crippen molar-refractivity contribution in [2.24, 2.45) is 0 Å². The van der Waals surface area contributed by atoms with Crippen LogP contribution in [0.5, 0.6) is 0 Å². The van der Waals surface area contributed by atoms with E-state index in [9.17, 15) is 12.8 Å². The zero-order valence-electron chi connectivity index (χ0n) is 13.1. The molecule has 22 heavy (non-hydrogen) atoms. The molecule has 0 bridgehead atoms. The van der Waals surface area contributed by atoms with Crippen molar-refractivity contribution in [3.05, 3.63) is 64.5 Å². The molecule has 0 aliphatic rings. The maximum atomic E-state index is 12.9. The molecule has 0 aliphatic heterocycles. The molecular weight excluding hydrogens is 301 g/mol. The minimum absolute atomic E-state index is 0.0576. The van der Waals surface area contributed by atoms with Gasteiger partial charge in [0, 0.05) is 6.04 Å². The predicted molar refractivity (Wildman–Crippen MR) is 85.8 cm³/mol. The Kier molecular flexibility index (Phi) is 4.68. The fourth-order valence-corrected chi connectivity index (χ4v) is 3.65. The molecule has 3 nitrogen and oxygen atoms in total. The van der Waals surface area contributed by atoms with Crippen LogP contribution in [0, 0.1) is 26.6 Å². The number of rotatable bonds is 4. The number of aryl methyl sites for hydroxylation is 3. The predicted octanol–water partition coefficient (Wildman–Crippen LogP) is 3.79. The van der Waals surface area contributed by atoms with Crippen LogP contribution >= 0.6 is 0 Å². The number of sulfonamides is 1. The Hall–Kier alpha value is -1.72. The zero-order chi connectivity index (χ0) is 16.5. The first-order valence-electron chi connectivity index (χ1n) is 7.06. The molecule has 2 rings (SSSR count). The second-order valence-corrected chi connectivity index (χ2v) is 7.30. The lowest BCUT2D eigenvalue weighted by Gasteiger charge is -2.18. The van der Waals surface area contributed by atoms with Gasteiger partial charge in [0.15, 0.2) is 0 Å². The highest BCUT2D eigenvalue weighted by atomic mass is 32.2. The van der Waals surface area contributed by atoms with Gasteiger partial charge in [-0.3, -0.25) is 0 Å². The van der Waals surface area contributed by atoms with Gasteiger partial charge in [-0.05, 0) is 74.2 Å². The molecule has 2 aromatic carbocycles. The summed E-state index contributed by atoms with van der Waals surface area (Å²) < 4.78 is 40.3. The molecule has 1 unspecified atom stereocenters. The molecule has 118 valence electrons. The van der Waals surface area contributed by atoms with Crippen LogP contribution in [0.25, 0.3) is 0 Å². The number of hydrogen-bond donors (Lipinski definition) is 1. The van der Waals surface area contributed by atoms with E-state index in [0.29, 0.717) is 0 Å². The van der Waals surface area contributed by atoms with Crippen LogP contribution in [0.15, 0.2) is 41.3 Å². The Morgan fingerprint density at radius 1 is 0.955 bits per heavy atom. The highest BCUT2D eigenvalue weighted by molar-refractivity contribution is 7.89.